The fourth-order valence-electron chi connectivity index (χ4n) is 2.33. The summed E-state index contributed by atoms with van der Waals surface area (Å²) in [6.45, 7) is 1.91. The van der Waals surface area contributed by atoms with Crippen LogP contribution in [0.3, 0.4) is 0 Å². The maximum atomic E-state index is 12.3. The number of piperidine rings is 1. The molecule has 1 saturated heterocycles. The number of benzene rings is 1. The van der Waals surface area contributed by atoms with Crippen LogP contribution in [-0.4, -0.2) is 23.9 Å². The van der Waals surface area contributed by atoms with Crippen molar-refractivity contribution in [2.45, 2.75) is 12.8 Å². The van der Waals surface area contributed by atoms with Gasteiger partial charge >= 0.3 is 0 Å². The van der Waals surface area contributed by atoms with Crippen molar-refractivity contribution in [1.82, 2.24) is 10.3 Å². The first-order chi connectivity index (χ1) is 8.34. The van der Waals surface area contributed by atoms with Crippen LogP contribution in [0.2, 0.25) is 0 Å². The number of Topliss-reactive ketones (excluding diaryl/α,β-unsaturated/α-hetero) is 1. The van der Waals surface area contributed by atoms with Gasteiger partial charge in [-0.15, -0.1) is 11.3 Å². The van der Waals surface area contributed by atoms with Crippen LogP contribution in [0.5, 0.6) is 0 Å². The fourth-order valence-corrected chi connectivity index (χ4v) is 2.99. The zero-order valence-corrected chi connectivity index (χ0v) is 10.3. The zero-order chi connectivity index (χ0) is 11.7. The molecule has 1 aromatic carbocycles. The van der Waals surface area contributed by atoms with E-state index < -0.39 is 0 Å². The zero-order valence-electron chi connectivity index (χ0n) is 9.48. The van der Waals surface area contributed by atoms with Crippen molar-refractivity contribution in [2.75, 3.05) is 13.1 Å². The summed E-state index contributed by atoms with van der Waals surface area (Å²) in [6, 6.07) is 5.86. The predicted molar refractivity (Wildman–Crippen MR) is 69.5 cm³/mol. The van der Waals surface area contributed by atoms with Crippen molar-refractivity contribution in [1.29, 1.82) is 0 Å². The van der Waals surface area contributed by atoms with Gasteiger partial charge in [-0.25, -0.2) is 4.98 Å². The molecule has 4 heteroatoms. The Morgan fingerprint density at radius 1 is 1.35 bits per heavy atom. The molecule has 17 heavy (non-hydrogen) atoms. The lowest BCUT2D eigenvalue weighted by molar-refractivity contribution is 0.0895. The van der Waals surface area contributed by atoms with Gasteiger partial charge in [0, 0.05) is 11.5 Å². The Hall–Kier alpha value is -1.26. The van der Waals surface area contributed by atoms with E-state index in [4.69, 9.17) is 0 Å². The molecule has 88 valence electrons. The Bertz CT molecular complexity index is 543. The molecule has 0 atom stereocenters. The minimum Gasteiger partial charge on any atom is -0.317 e. The smallest absolute Gasteiger partial charge is 0.166 e. The SMILES string of the molecule is O=C(c1ccc2scnc2c1)C1CCNCC1. The predicted octanol–water partition coefficient (Wildman–Crippen LogP) is 2.48. The number of ketones is 1. The first-order valence-corrected chi connectivity index (χ1v) is 6.81. The maximum absolute atomic E-state index is 12.3. The lowest BCUT2D eigenvalue weighted by Gasteiger charge is -2.21. The lowest BCUT2D eigenvalue weighted by atomic mass is 9.89. The molecule has 0 amide bonds. The number of hydrogen-bond acceptors (Lipinski definition) is 4. The summed E-state index contributed by atoms with van der Waals surface area (Å²) in [5, 5.41) is 3.28. The monoisotopic (exact) mass is 246 g/mol. The Kier molecular flexibility index (Phi) is 2.91. The molecule has 0 spiro atoms. The van der Waals surface area contributed by atoms with Crippen LogP contribution < -0.4 is 5.32 Å². The third-order valence-corrected chi connectivity index (χ3v) is 4.13. The van der Waals surface area contributed by atoms with Crippen molar-refractivity contribution in [3.63, 3.8) is 0 Å². The van der Waals surface area contributed by atoms with Crippen LogP contribution in [0.1, 0.15) is 23.2 Å². The van der Waals surface area contributed by atoms with Crippen LogP contribution in [-0.2, 0) is 0 Å². The summed E-state index contributed by atoms with van der Waals surface area (Å²) in [5.41, 5.74) is 3.58. The molecule has 3 rings (SSSR count). The van der Waals surface area contributed by atoms with E-state index in [0.717, 1.165) is 41.7 Å². The summed E-state index contributed by atoms with van der Waals surface area (Å²) in [5.74, 6) is 0.466. The second-order valence-electron chi connectivity index (χ2n) is 4.42. The highest BCUT2D eigenvalue weighted by atomic mass is 32.1. The highest BCUT2D eigenvalue weighted by molar-refractivity contribution is 7.16. The van der Waals surface area contributed by atoms with Crippen LogP contribution in [0.15, 0.2) is 23.7 Å². The third kappa shape index (κ3) is 2.10. The Morgan fingerprint density at radius 2 is 2.18 bits per heavy atom. The number of rotatable bonds is 2. The second kappa shape index (κ2) is 4.55. The van der Waals surface area contributed by atoms with E-state index in [1.165, 1.54) is 0 Å². The Labute approximate surface area is 104 Å². The number of aromatic nitrogens is 1. The van der Waals surface area contributed by atoms with Gasteiger partial charge in [0.15, 0.2) is 5.78 Å². The fraction of sp³-hybridized carbons (Fsp3) is 0.385. The average molecular weight is 246 g/mol. The van der Waals surface area contributed by atoms with E-state index in [9.17, 15) is 4.79 Å². The van der Waals surface area contributed by atoms with Gasteiger partial charge in [0.25, 0.3) is 0 Å². The number of nitrogens with zero attached hydrogens (tertiary/aromatic N) is 1. The second-order valence-corrected chi connectivity index (χ2v) is 5.31. The van der Waals surface area contributed by atoms with E-state index in [1.54, 1.807) is 11.3 Å². The van der Waals surface area contributed by atoms with Crippen molar-refractivity contribution in [2.24, 2.45) is 5.92 Å². The van der Waals surface area contributed by atoms with Crippen molar-refractivity contribution in [3.05, 3.63) is 29.3 Å². The Morgan fingerprint density at radius 3 is 3.00 bits per heavy atom. The average Bonchev–Trinajstić information content (AvgIpc) is 2.86. The molecule has 1 N–H and O–H groups in total. The van der Waals surface area contributed by atoms with E-state index in [-0.39, 0.29) is 11.7 Å². The highest BCUT2D eigenvalue weighted by Crippen LogP contribution is 2.23. The number of nitrogens with one attached hydrogen (secondary N) is 1. The molecular formula is C13H14N2OS. The number of hydrogen-bond donors (Lipinski definition) is 1. The highest BCUT2D eigenvalue weighted by Gasteiger charge is 2.22. The molecule has 0 unspecified atom stereocenters. The Balaban J connectivity index is 1.88. The third-order valence-electron chi connectivity index (χ3n) is 3.32. The first-order valence-electron chi connectivity index (χ1n) is 5.93. The van der Waals surface area contributed by atoms with E-state index in [2.05, 4.69) is 10.3 Å². The van der Waals surface area contributed by atoms with Gasteiger partial charge in [0.2, 0.25) is 0 Å². The minimum absolute atomic E-state index is 0.187. The van der Waals surface area contributed by atoms with E-state index in [1.807, 2.05) is 23.7 Å². The molecule has 2 aromatic rings. The molecule has 0 saturated carbocycles. The van der Waals surface area contributed by atoms with Crippen molar-refractivity contribution in [3.8, 4) is 0 Å². The summed E-state index contributed by atoms with van der Waals surface area (Å²) >= 11 is 1.61. The molecular weight excluding hydrogens is 232 g/mol. The minimum atomic E-state index is 0.187. The molecule has 0 radical (unpaired) electrons. The van der Waals surface area contributed by atoms with E-state index >= 15 is 0 Å². The van der Waals surface area contributed by atoms with Crippen LogP contribution >= 0.6 is 11.3 Å². The first kappa shape index (κ1) is 10.9. The summed E-state index contributed by atoms with van der Waals surface area (Å²) in [4.78, 5) is 16.6. The summed E-state index contributed by atoms with van der Waals surface area (Å²) < 4.78 is 1.15. The number of carbonyl (C=O) groups is 1. The standard InChI is InChI=1S/C13H14N2OS/c16-13(9-3-5-14-6-4-9)10-1-2-12-11(7-10)15-8-17-12/h1-2,7-9,14H,3-6H2. The van der Waals surface area contributed by atoms with Crippen LogP contribution in [0, 0.1) is 5.92 Å². The van der Waals surface area contributed by atoms with Crippen LogP contribution in [0.4, 0.5) is 0 Å². The van der Waals surface area contributed by atoms with Gasteiger partial charge in [0.05, 0.1) is 15.7 Å². The normalized spacial score (nSPS) is 17.4. The summed E-state index contributed by atoms with van der Waals surface area (Å²) in [6.07, 6.45) is 1.90. The van der Waals surface area contributed by atoms with Gasteiger partial charge in [0.1, 0.15) is 0 Å². The van der Waals surface area contributed by atoms with Crippen molar-refractivity contribution >= 4 is 27.3 Å². The van der Waals surface area contributed by atoms with Gasteiger partial charge < -0.3 is 5.32 Å². The lowest BCUT2D eigenvalue weighted by Crippen LogP contribution is -2.31. The topological polar surface area (TPSA) is 42.0 Å². The van der Waals surface area contributed by atoms with Gasteiger partial charge in [-0.1, -0.05) is 0 Å². The van der Waals surface area contributed by atoms with Crippen LogP contribution in [0.25, 0.3) is 10.2 Å². The molecule has 1 fully saturated rings. The molecule has 1 aromatic heterocycles. The van der Waals surface area contributed by atoms with E-state index in [0.29, 0.717) is 0 Å². The molecule has 2 heterocycles. The molecule has 1 aliphatic heterocycles. The van der Waals surface area contributed by atoms with Gasteiger partial charge in [-0.2, -0.15) is 0 Å². The number of thiazole rings is 1. The van der Waals surface area contributed by atoms with Crippen molar-refractivity contribution < 1.29 is 4.79 Å². The quantitative estimate of drug-likeness (QED) is 0.828. The summed E-state index contributed by atoms with van der Waals surface area (Å²) in [7, 11) is 0. The molecule has 0 bridgehead atoms. The molecule has 1 aliphatic rings. The van der Waals surface area contributed by atoms with Gasteiger partial charge in [-0.05, 0) is 44.1 Å². The largest absolute Gasteiger partial charge is 0.317 e. The maximum Gasteiger partial charge on any atom is 0.166 e. The number of fused-ring (bicyclic) bond motifs is 1. The van der Waals surface area contributed by atoms with Gasteiger partial charge in [-0.3, -0.25) is 4.79 Å². The molecule has 3 nitrogen and oxygen atoms in total. The molecule has 0 aliphatic carbocycles. The number of carbonyl (C=O) groups excluding carboxylic acids is 1.